The Bertz CT molecular complexity index is 743. The van der Waals surface area contributed by atoms with Crippen molar-refractivity contribution in [3.63, 3.8) is 0 Å². The zero-order chi connectivity index (χ0) is 15.5. The Morgan fingerprint density at radius 3 is 2.45 bits per heavy atom. The van der Waals surface area contributed by atoms with Gasteiger partial charge in [0.15, 0.2) is 0 Å². The Labute approximate surface area is 133 Å². The Morgan fingerprint density at radius 1 is 1.00 bits per heavy atom. The van der Waals surface area contributed by atoms with Gasteiger partial charge in [-0.1, -0.05) is 22.9 Å². The number of rotatable bonds is 5. The molecule has 2 aromatic heterocycles. The smallest absolute Gasteiger partial charge is 0.247 e. The molecule has 22 heavy (non-hydrogen) atoms. The Hall–Kier alpha value is -2.08. The number of benzene rings is 1. The first-order valence-corrected chi connectivity index (χ1v) is 8.18. The minimum atomic E-state index is 0.563. The predicted octanol–water partition coefficient (Wildman–Crippen LogP) is 4.08. The zero-order valence-corrected chi connectivity index (χ0v) is 13.6. The van der Waals surface area contributed by atoms with Crippen molar-refractivity contribution < 1.29 is 8.94 Å². The van der Waals surface area contributed by atoms with Crippen LogP contribution < -0.4 is 0 Å². The van der Waals surface area contributed by atoms with Crippen LogP contribution in [0.1, 0.15) is 28.5 Å². The van der Waals surface area contributed by atoms with Crippen molar-refractivity contribution in [3.05, 3.63) is 52.7 Å². The van der Waals surface area contributed by atoms with Crippen LogP contribution in [-0.4, -0.2) is 15.4 Å². The van der Waals surface area contributed by atoms with Gasteiger partial charge in [0.2, 0.25) is 11.8 Å². The first kappa shape index (κ1) is 14.8. The molecule has 0 saturated heterocycles. The summed E-state index contributed by atoms with van der Waals surface area (Å²) in [5, 5.41) is 12.2. The highest BCUT2D eigenvalue weighted by Crippen LogP contribution is 2.24. The maximum absolute atomic E-state index is 5.71. The second kappa shape index (κ2) is 6.36. The number of nitrogens with zero attached hydrogens (tertiary/aromatic N) is 3. The highest BCUT2D eigenvalue weighted by atomic mass is 32.2. The van der Waals surface area contributed by atoms with Crippen molar-refractivity contribution in [1.82, 2.24) is 15.4 Å². The molecule has 0 N–H and O–H groups in total. The van der Waals surface area contributed by atoms with E-state index in [0.29, 0.717) is 17.5 Å². The molecule has 6 heteroatoms. The molecule has 2 heterocycles. The van der Waals surface area contributed by atoms with E-state index in [-0.39, 0.29) is 0 Å². The molecule has 0 unspecified atom stereocenters. The van der Waals surface area contributed by atoms with Gasteiger partial charge in [-0.3, -0.25) is 0 Å². The van der Waals surface area contributed by atoms with Gasteiger partial charge in [-0.15, -0.1) is 22.0 Å². The standard InChI is InChI=1S/C16H17N3O2S/c1-10-4-6-13(7-5-10)16-18-17-15(20-16)9-22-8-14-11(2)19-21-12(14)3/h4-7H,8-9H2,1-3H3. The van der Waals surface area contributed by atoms with E-state index in [2.05, 4.69) is 15.4 Å². The summed E-state index contributed by atoms with van der Waals surface area (Å²) in [5.41, 5.74) is 4.23. The summed E-state index contributed by atoms with van der Waals surface area (Å²) in [4.78, 5) is 0. The average Bonchev–Trinajstić information content (AvgIpc) is 3.10. The summed E-state index contributed by atoms with van der Waals surface area (Å²) < 4.78 is 10.9. The quantitative estimate of drug-likeness (QED) is 0.706. The summed E-state index contributed by atoms with van der Waals surface area (Å²) in [7, 11) is 0. The van der Waals surface area contributed by atoms with Crippen molar-refractivity contribution in [1.29, 1.82) is 0 Å². The van der Waals surface area contributed by atoms with Gasteiger partial charge in [-0.25, -0.2) is 0 Å². The Balaban J connectivity index is 1.61. The molecule has 0 fully saturated rings. The van der Waals surface area contributed by atoms with E-state index < -0.39 is 0 Å². The van der Waals surface area contributed by atoms with Gasteiger partial charge in [0.25, 0.3) is 0 Å². The van der Waals surface area contributed by atoms with E-state index in [0.717, 1.165) is 28.3 Å². The molecule has 114 valence electrons. The predicted molar refractivity (Wildman–Crippen MR) is 85.4 cm³/mol. The Kier molecular flexibility index (Phi) is 4.29. The highest BCUT2D eigenvalue weighted by molar-refractivity contribution is 7.97. The lowest BCUT2D eigenvalue weighted by Crippen LogP contribution is -1.87. The van der Waals surface area contributed by atoms with Crippen LogP contribution in [0, 0.1) is 20.8 Å². The van der Waals surface area contributed by atoms with Gasteiger partial charge in [-0.2, -0.15) is 0 Å². The van der Waals surface area contributed by atoms with Crippen LogP contribution in [0.4, 0.5) is 0 Å². The number of thioether (sulfide) groups is 1. The van der Waals surface area contributed by atoms with Crippen LogP contribution in [0.3, 0.4) is 0 Å². The van der Waals surface area contributed by atoms with E-state index in [1.807, 2.05) is 45.0 Å². The average molecular weight is 315 g/mol. The van der Waals surface area contributed by atoms with Gasteiger partial charge in [-0.05, 0) is 32.9 Å². The number of hydrogen-bond donors (Lipinski definition) is 0. The van der Waals surface area contributed by atoms with Crippen LogP contribution in [0.25, 0.3) is 11.5 Å². The molecule has 0 spiro atoms. The van der Waals surface area contributed by atoms with E-state index >= 15 is 0 Å². The summed E-state index contributed by atoms with van der Waals surface area (Å²) in [5.74, 6) is 3.56. The van der Waals surface area contributed by atoms with Crippen molar-refractivity contribution in [3.8, 4) is 11.5 Å². The van der Waals surface area contributed by atoms with E-state index in [4.69, 9.17) is 8.94 Å². The fourth-order valence-corrected chi connectivity index (χ4v) is 3.08. The Morgan fingerprint density at radius 2 is 1.77 bits per heavy atom. The van der Waals surface area contributed by atoms with Crippen LogP contribution >= 0.6 is 11.8 Å². The fourth-order valence-electron chi connectivity index (χ4n) is 2.07. The number of hydrogen-bond acceptors (Lipinski definition) is 6. The van der Waals surface area contributed by atoms with Crippen LogP contribution in [0.15, 0.2) is 33.2 Å². The zero-order valence-electron chi connectivity index (χ0n) is 12.8. The third kappa shape index (κ3) is 3.22. The van der Waals surface area contributed by atoms with Crippen LogP contribution in [-0.2, 0) is 11.5 Å². The molecule has 0 aliphatic heterocycles. The molecule has 1 aromatic carbocycles. The maximum Gasteiger partial charge on any atom is 0.247 e. The van der Waals surface area contributed by atoms with Crippen LogP contribution in [0.5, 0.6) is 0 Å². The lowest BCUT2D eigenvalue weighted by molar-refractivity contribution is 0.392. The first-order valence-electron chi connectivity index (χ1n) is 7.02. The van der Waals surface area contributed by atoms with Crippen LogP contribution in [0.2, 0.25) is 0 Å². The molecule has 0 saturated carbocycles. The second-order valence-corrected chi connectivity index (χ2v) is 6.15. The van der Waals surface area contributed by atoms with Gasteiger partial charge in [0.1, 0.15) is 5.76 Å². The SMILES string of the molecule is Cc1ccc(-c2nnc(CSCc3c(C)noc3C)o2)cc1. The molecule has 3 rings (SSSR count). The third-order valence-electron chi connectivity index (χ3n) is 3.42. The highest BCUT2D eigenvalue weighted by Gasteiger charge is 2.11. The van der Waals surface area contributed by atoms with E-state index in [1.165, 1.54) is 5.56 Å². The normalized spacial score (nSPS) is 11.0. The molecule has 0 aliphatic carbocycles. The minimum absolute atomic E-state index is 0.563. The topological polar surface area (TPSA) is 65.0 Å². The minimum Gasteiger partial charge on any atom is -0.420 e. The number of aryl methyl sites for hydroxylation is 3. The van der Waals surface area contributed by atoms with Crippen molar-refractivity contribution in [2.24, 2.45) is 0 Å². The lowest BCUT2D eigenvalue weighted by atomic mass is 10.1. The molecular formula is C16H17N3O2S. The largest absolute Gasteiger partial charge is 0.420 e. The molecule has 0 radical (unpaired) electrons. The van der Waals surface area contributed by atoms with E-state index in [9.17, 15) is 0 Å². The third-order valence-corrected chi connectivity index (χ3v) is 4.36. The first-order chi connectivity index (χ1) is 10.6. The maximum atomic E-state index is 5.71. The molecule has 0 amide bonds. The number of aromatic nitrogens is 3. The van der Waals surface area contributed by atoms with Crippen molar-refractivity contribution >= 4 is 11.8 Å². The fraction of sp³-hybridized carbons (Fsp3) is 0.312. The second-order valence-electron chi connectivity index (χ2n) is 5.16. The van der Waals surface area contributed by atoms with Gasteiger partial charge in [0, 0.05) is 16.9 Å². The summed E-state index contributed by atoms with van der Waals surface area (Å²) in [6.45, 7) is 5.93. The molecule has 3 aromatic rings. The van der Waals surface area contributed by atoms with Gasteiger partial charge in [0.05, 0.1) is 11.4 Å². The lowest BCUT2D eigenvalue weighted by Gasteiger charge is -1.98. The summed E-state index contributed by atoms with van der Waals surface area (Å²) in [6, 6.07) is 8.05. The van der Waals surface area contributed by atoms with Crippen molar-refractivity contribution in [2.45, 2.75) is 32.3 Å². The van der Waals surface area contributed by atoms with Gasteiger partial charge >= 0.3 is 0 Å². The summed E-state index contributed by atoms with van der Waals surface area (Å²) >= 11 is 1.71. The molecule has 0 atom stereocenters. The van der Waals surface area contributed by atoms with Crippen molar-refractivity contribution in [2.75, 3.05) is 0 Å². The van der Waals surface area contributed by atoms with Gasteiger partial charge < -0.3 is 8.94 Å². The summed E-state index contributed by atoms with van der Waals surface area (Å²) in [6.07, 6.45) is 0. The molecule has 0 aliphatic rings. The van der Waals surface area contributed by atoms with E-state index in [1.54, 1.807) is 11.8 Å². The molecule has 5 nitrogen and oxygen atoms in total. The molecular weight excluding hydrogens is 298 g/mol. The monoisotopic (exact) mass is 315 g/mol. The molecule has 0 bridgehead atoms.